The minimum absolute atomic E-state index is 0.612. The van der Waals surface area contributed by atoms with Crippen LogP contribution in [0.3, 0.4) is 0 Å². The minimum Gasteiger partial charge on any atom is -0.387 e. The average molecular weight is 534 g/mol. The quantitative estimate of drug-likeness (QED) is 0.213. The van der Waals surface area contributed by atoms with Crippen molar-refractivity contribution < 1.29 is 38.9 Å². The Kier molecular flexibility index (Phi) is 8.27. The van der Waals surface area contributed by atoms with Crippen molar-refractivity contribution >= 4 is 40.7 Å². The summed E-state index contributed by atoms with van der Waals surface area (Å²) in [5, 5.41) is 30.3. The fourth-order valence-electron chi connectivity index (χ4n) is 2.72. The van der Waals surface area contributed by atoms with Crippen LogP contribution in [0.25, 0.3) is 11.2 Å². The van der Waals surface area contributed by atoms with Crippen molar-refractivity contribution in [3.8, 4) is 0 Å². The molecule has 174 valence electrons. The molecule has 3 heterocycles. The number of benzene rings is 1. The van der Waals surface area contributed by atoms with Gasteiger partial charge in [0.05, 0.1) is 12.9 Å². The molecule has 1 aromatic carbocycles. The van der Waals surface area contributed by atoms with Gasteiger partial charge in [0.25, 0.3) is 0 Å². The van der Waals surface area contributed by atoms with Gasteiger partial charge in [0.1, 0.15) is 30.2 Å². The first-order chi connectivity index (χ1) is 15.1. The second-order valence-corrected chi connectivity index (χ2v) is 8.79. The number of ether oxygens (including phenoxy) is 1. The highest BCUT2D eigenvalue weighted by atomic mass is 79.9. The van der Waals surface area contributed by atoms with Crippen molar-refractivity contribution in [1.29, 1.82) is 0 Å². The zero-order valence-corrected chi connectivity index (χ0v) is 18.8. The van der Waals surface area contributed by atoms with Crippen LogP contribution in [0, 0.1) is 0 Å². The molecule has 3 aromatic rings. The third kappa shape index (κ3) is 6.75. The number of rotatable bonds is 6. The van der Waals surface area contributed by atoms with Gasteiger partial charge in [-0.1, -0.05) is 28.1 Å². The molecule has 4 rings (SSSR count). The van der Waals surface area contributed by atoms with Gasteiger partial charge in [-0.15, -0.1) is 0 Å². The van der Waals surface area contributed by atoms with Gasteiger partial charge in [0, 0.05) is 11.0 Å². The summed E-state index contributed by atoms with van der Waals surface area (Å²) < 4.78 is 19.9. The number of halogens is 1. The molecule has 0 radical (unpaired) electrons. The van der Waals surface area contributed by atoms with Crippen LogP contribution in [0.2, 0.25) is 0 Å². The van der Waals surface area contributed by atoms with E-state index in [0.717, 1.165) is 15.8 Å². The van der Waals surface area contributed by atoms with Gasteiger partial charge in [0.15, 0.2) is 17.8 Å². The largest absolute Gasteiger partial charge is 0.469 e. The Bertz CT molecular complexity index is 1060. The van der Waals surface area contributed by atoms with Crippen molar-refractivity contribution in [3.05, 3.63) is 47.0 Å². The lowest BCUT2D eigenvalue weighted by Crippen LogP contribution is -2.34. The first-order valence-corrected chi connectivity index (χ1v) is 11.5. The molecule has 15 heteroatoms. The SMILES string of the molecule is Brc1ccc(CNc2ncnc3nc[nH]c23)cc1.O=P(O)(O)OC[C@H]1OC(O)[C@H](O)[C@@H]1O. The highest BCUT2D eigenvalue weighted by molar-refractivity contribution is 9.10. The molecule has 0 aliphatic carbocycles. The van der Waals surface area contributed by atoms with E-state index in [4.69, 9.17) is 25.1 Å². The molecule has 0 saturated carbocycles. The molecule has 7 N–H and O–H groups in total. The zero-order valence-electron chi connectivity index (χ0n) is 16.3. The summed E-state index contributed by atoms with van der Waals surface area (Å²) in [4.78, 5) is 32.0. The third-order valence-corrected chi connectivity index (χ3v) is 5.35. The summed E-state index contributed by atoms with van der Waals surface area (Å²) in [6, 6.07) is 8.15. The first kappa shape index (κ1) is 24.6. The highest BCUT2D eigenvalue weighted by Gasteiger charge is 2.42. The van der Waals surface area contributed by atoms with Gasteiger partial charge < -0.3 is 40.1 Å². The Morgan fingerprint density at radius 1 is 1.12 bits per heavy atom. The number of aliphatic hydroxyl groups excluding tert-OH is 3. The number of aromatic nitrogens is 4. The van der Waals surface area contributed by atoms with Crippen LogP contribution in [0.1, 0.15) is 5.56 Å². The van der Waals surface area contributed by atoms with E-state index in [2.05, 4.69) is 62.6 Å². The lowest BCUT2D eigenvalue weighted by Gasteiger charge is -2.14. The zero-order chi connectivity index (χ0) is 23.3. The lowest BCUT2D eigenvalue weighted by molar-refractivity contribution is -0.132. The predicted molar refractivity (Wildman–Crippen MR) is 114 cm³/mol. The Morgan fingerprint density at radius 3 is 2.47 bits per heavy atom. The van der Waals surface area contributed by atoms with Crippen LogP contribution < -0.4 is 5.32 Å². The van der Waals surface area contributed by atoms with E-state index in [1.54, 1.807) is 6.33 Å². The topological polar surface area (TPSA) is 203 Å². The number of phosphoric ester groups is 1. The number of aliphatic hydroxyl groups is 3. The monoisotopic (exact) mass is 533 g/mol. The normalized spacial score (nSPS) is 23.1. The summed E-state index contributed by atoms with van der Waals surface area (Å²) in [5.41, 5.74) is 2.68. The Hall–Kier alpha value is -2.00. The fourth-order valence-corrected chi connectivity index (χ4v) is 3.33. The van der Waals surface area contributed by atoms with Crippen molar-refractivity contribution in [2.45, 2.75) is 31.1 Å². The number of fused-ring (bicyclic) bond motifs is 1. The van der Waals surface area contributed by atoms with Crippen molar-refractivity contribution in [3.63, 3.8) is 0 Å². The number of H-pyrrole nitrogens is 1. The van der Waals surface area contributed by atoms with Crippen molar-refractivity contribution in [2.75, 3.05) is 11.9 Å². The molecule has 1 aliphatic heterocycles. The summed E-state index contributed by atoms with van der Waals surface area (Å²) in [7, 11) is -4.64. The van der Waals surface area contributed by atoms with E-state index < -0.39 is 39.0 Å². The van der Waals surface area contributed by atoms with Crippen LogP contribution in [0.15, 0.2) is 41.4 Å². The molecule has 4 atom stereocenters. The third-order valence-electron chi connectivity index (χ3n) is 4.34. The summed E-state index contributed by atoms with van der Waals surface area (Å²) >= 11 is 3.41. The molecule has 1 fully saturated rings. The smallest absolute Gasteiger partial charge is 0.387 e. The van der Waals surface area contributed by atoms with Gasteiger partial charge in [-0.2, -0.15) is 0 Å². The van der Waals surface area contributed by atoms with Gasteiger partial charge in [-0.3, -0.25) is 4.52 Å². The van der Waals surface area contributed by atoms with Crippen LogP contribution in [0.4, 0.5) is 5.82 Å². The molecular formula is C17H21BrN5O8P. The number of hydrogen-bond acceptors (Lipinski definition) is 10. The van der Waals surface area contributed by atoms with Crippen LogP contribution in [-0.2, 0) is 20.4 Å². The molecule has 0 amide bonds. The lowest BCUT2D eigenvalue weighted by atomic mass is 10.1. The van der Waals surface area contributed by atoms with Crippen LogP contribution in [0.5, 0.6) is 0 Å². The first-order valence-electron chi connectivity index (χ1n) is 9.16. The van der Waals surface area contributed by atoms with Crippen LogP contribution in [-0.4, -0.2) is 76.3 Å². The molecule has 1 saturated heterocycles. The number of phosphoric acid groups is 1. The second kappa shape index (κ2) is 10.7. The maximum Gasteiger partial charge on any atom is 0.469 e. The second-order valence-electron chi connectivity index (χ2n) is 6.64. The summed E-state index contributed by atoms with van der Waals surface area (Å²) in [5.74, 6) is 0.764. The van der Waals surface area contributed by atoms with Gasteiger partial charge in [-0.25, -0.2) is 19.5 Å². The maximum atomic E-state index is 10.3. The number of aromatic amines is 1. The number of nitrogens with zero attached hydrogens (tertiary/aromatic N) is 3. The molecule has 13 nitrogen and oxygen atoms in total. The maximum absolute atomic E-state index is 10.3. The fraction of sp³-hybridized carbons (Fsp3) is 0.353. The minimum atomic E-state index is -4.64. The number of imidazole rings is 1. The molecular weight excluding hydrogens is 513 g/mol. The van der Waals surface area contributed by atoms with E-state index >= 15 is 0 Å². The van der Waals surface area contributed by atoms with Gasteiger partial charge in [-0.05, 0) is 17.7 Å². The standard InChI is InChI=1S/C12H10BrN5.C5H11O8P/c13-9-3-1-8(2-4-9)5-14-11-10-12(16-6-15-10)18-7-17-11;6-3-2(1-12-14(9,10)11)13-5(8)4(3)7/h1-4,6-7H,5H2,(H2,14,15,16,17,18);2-8H,1H2,(H2,9,10,11)/t;2-,3-,4-,5?/m.1/s1. The Labute approximate surface area is 189 Å². The Morgan fingerprint density at radius 2 is 1.84 bits per heavy atom. The van der Waals surface area contributed by atoms with Gasteiger partial charge in [0.2, 0.25) is 0 Å². The van der Waals surface area contributed by atoms with Crippen molar-refractivity contribution in [1.82, 2.24) is 19.9 Å². The van der Waals surface area contributed by atoms with E-state index in [-0.39, 0.29) is 0 Å². The molecule has 32 heavy (non-hydrogen) atoms. The molecule has 0 bridgehead atoms. The molecule has 1 aliphatic rings. The molecule has 2 aromatic heterocycles. The highest BCUT2D eigenvalue weighted by Crippen LogP contribution is 2.37. The molecule has 0 spiro atoms. The average Bonchev–Trinajstić information content (AvgIpc) is 3.33. The van der Waals surface area contributed by atoms with Crippen molar-refractivity contribution in [2.24, 2.45) is 0 Å². The van der Waals surface area contributed by atoms with E-state index in [0.29, 0.717) is 12.2 Å². The van der Waals surface area contributed by atoms with Gasteiger partial charge >= 0.3 is 7.82 Å². The van der Waals surface area contributed by atoms with E-state index in [9.17, 15) is 4.57 Å². The van der Waals surface area contributed by atoms with Crippen LogP contribution >= 0.6 is 23.8 Å². The Balaban J connectivity index is 0.000000188. The number of anilines is 1. The van der Waals surface area contributed by atoms with E-state index in [1.165, 1.54) is 11.9 Å². The molecule has 1 unspecified atom stereocenters. The summed E-state index contributed by atoms with van der Waals surface area (Å²) in [6.45, 7) is 0.0952. The predicted octanol–water partition coefficient (Wildman–Crippen LogP) is 0.262. The number of nitrogens with one attached hydrogen (secondary N) is 2. The van der Waals surface area contributed by atoms with E-state index in [1.807, 2.05) is 12.1 Å². The number of hydrogen-bond donors (Lipinski definition) is 7. The summed E-state index contributed by atoms with van der Waals surface area (Å²) in [6.07, 6.45) is -2.54.